The monoisotopic (exact) mass is 748 g/mol. The fourth-order valence-electron chi connectivity index (χ4n) is 6.25. The van der Waals surface area contributed by atoms with Gasteiger partial charge in [0.2, 0.25) is 11.8 Å². The van der Waals surface area contributed by atoms with Crippen molar-refractivity contribution in [3.63, 3.8) is 0 Å². The second-order valence-electron chi connectivity index (χ2n) is 12.7. The Balaban J connectivity index is 1.49. The molecule has 0 saturated carbocycles. The van der Waals surface area contributed by atoms with Gasteiger partial charge in [-0.15, -0.1) is 0 Å². The van der Waals surface area contributed by atoms with E-state index in [0.29, 0.717) is 0 Å². The Labute approximate surface area is 289 Å². The van der Waals surface area contributed by atoms with Crippen molar-refractivity contribution in [2.75, 3.05) is 26.4 Å². The van der Waals surface area contributed by atoms with Gasteiger partial charge < -0.3 is 105 Å². The van der Waals surface area contributed by atoms with Crippen LogP contribution in [0.2, 0.25) is 0 Å². The molecule has 51 heavy (non-hydrogen) atoms. The van der Waals surface area contributed by atoms with E-state index in [2.05, 4.69) is 10.6 Å². The van der Waals surface area contributed by atoms with E-state index in [1.165, 1.54) is 0 Å². The van der Waals surface area contributed by atoms with Crippen molar-refractivity contribution >= 4 is 11.8 Å². The Morgan fingerprint density at radius 3 is 1.57 bits per heavy atom. The number of hydrogen-bond acceptors (Lipinski definition) is 21. The summed E-state index contributed by atoms with van der Waals surface area (Å²) in [6.45, 7) is -1.00. The van der Waals surface area contributed by atoms with Crippen LogP contribution in [0.15, 0.2) is 0 Å². The second kappa shape index (κ2) is 18.0. The summed E-state index contributed by atoms with van der Waals surface area (Å²) in [5, 5.41) is 129. The molecule has 4 saturated heterocycles. The first-order valence-corrected chi connectivity index (χ1v) is 16.1. The smallest absolute Gasteiger partial charge is 0.217 e. The number of carbonyl (C=O) groups is 2. The van der Waals surface area contributed by atoms with Gasteiger partial charge in [-0.25, -0.2) is 0 Å². The van der Waals surface area contributed by atoms with Crippen molar-refractivity contribution in [2.45, 2.75) is 137 Å². The van der Waals surface area contributed by atoms with Crippen LogP contribution >= 0.6 is 0 Å². The van der Waals surface area contributed by atoms with E-state index in [9.17, 15) is 70.9 Å². The predicted octanol–water partition coefficient (Wildman–Crippen LogP) is -9.46. The zero-order chi connectivity index (χ0) is 37.9. The maximum Gasteiger partial charge on any atom is 0.217 e. The molecule has 1 unspecified atom stereocenters. The Morgan fingerprint density at radius 2 is 1.00 bits per heavy atom. The zero-order valence-electron chi connectivity index (χ0n) is 27.4. The van der Waals surface area contributed by atoms with E-state index in [4.69, 9.17) is 33.2 Å². The van der Waals surface area contributed by atoms with Crippen molar-refractivity contribution in [3.8, 4) is 0 Å². The van der Waals surface area contributed by atoms with E-state index in [-0.39, 0.29) is 0 Å². The third-order valence-corrected chi connectivity index (χ3v) is 8.99. The molecule has 14 N–H and O–H groups in total. The Kier molecular flexibility index (Phi) is 14.8. The van der Waals surface area contributed by atoms with Crippen LogP contribution in [0.3, 0.4) is 0 Å². The van der Waals surface area contributed by atoms with Gasteiger partial charge in [-0.2, -0.15) is 0 Å². The highest BCUT2D eigenvalue weighted by Gasteiger charge is 2.54. The van der Waals surface area contributed by atoms with Crippen molar-refractivity contribution < 1.29 is 104 Å². The average molecular weight is 749 g/mol. The first kappa shape index (κ1) is 41.9. The van der Waals surface area contributed by atoms with Crippen molar-refractivity contribution in [1.29, 1.82) is 0 Å². The number of carbonyl (C=O) groups excluding carboxylic acids is 2. The van der Waals surface area contributed by atoms with Gasteiger partial charge in [0.05, 0.1) is 26.4 Å². The van der Waals surface area contributed by atoms with E-state index in [1.807, 2.05) is 0 Å². The van der Waals surface area contributed by atoms with Crippen LogP contribution in [-0.4, -0.2) is 222 Å². The summed E-state index contributed by atoms with van der Waals surface area (Å²) in [5.74, 6) is -1.33. The predicted molar refractivity (Wildman–Crippen MR) is 157 cm³/mol. The highest BCUT2D eigenvalue weighted by atomic mass is 16.8. The van der Waals surface area contributed by atoms with Crippen LogP contribution in [0.1, 0.15) is 13.8 Å². The largest absolute Gasteiger partial charge is 0.394 e. The number of rotatable bonds is 12. The molecular formula is C28H48N2O21. The molecule has 4 aliphatic heterocycles. The average Bonchev–Trinajstić information content (AvgIpc) is 3.08. The van der Waals surface area contributed by atoms with Gasteiger partial charge in [0.15, 0.2) is 25.2 Å². The SMILES string of the molecule is CC(=O)N[C@H]1[C@H](OC[C@H]2OC(O)[C@H](NC(C)=O)[C@@H](O)[C@H]2O)O[C@H](CO)[C@@H](O[C@@H]2O[C@H](CO)[C@H](O)[C@H](O[C@@H]3O[C@H](CO)[C@@H](O)[C@H](O)[C@H]3O)[C@H]2O)[C@@H]1O. The molecule has 4 aliphatic rings. The summed E-state index contributed by atoms with van der Waals surface area (Å²) in [5.41, 5.74) is 0. The fourth-order valence-corrected chi connectivity index (χ4v) is 6.25. The number of hydrogen-bond donors (Lipinski definition) is 14. The first-order chi connectivity index (χ1) is 24.0. The third-order valence-electron chi connectivity index (χ3n) is 8.99. The summed E-state index contributed by atoms with van der Waals surface area (Å²) >= 11 is 0. The van der Waals surface area contributed by atoms with E-state index < -0.39 is 161 Å². The van der Waals surface area contributed by atoms with E-state index in [1.54, 1.807) is 0 Å². The topological polar surface area (TPSA) is 366 Å². The third kappa shape index (κ3) is 9.29. The minimum Gasteiger partial charge on any atom is -0.394 e. The van der Waals surface area contributed by atoms with Crippen molar-refractivity contribution in [3.05, 3.63) is 0 Å². The Morgan fingerprint density at radius 1 is 0.510 bits per heavy atom. The van der Waals surface area contributed by atoms with Gasteiger partial charge in [-0.3, -0.25) is 9.59 Å². The second-order valence-corrected chi connectivity index (χ2v) is 12.7. The van der Waals surface area contributed by atoms with Gasteiger partial charge >= 0.3 is 0 Å². The molecule has 20 atom stereocenters. The van der Waals surface area contributed by atoms with Crippen LogP contribution < -0.4 is 10.6 Å². The minimum absolute atomic E-state index is 0.621. The molecule has 4 heterocycles. The van der Waals surface area contributed by atoms with E-state index in [0.717, 1.165) is 13.8 Å². The lowest BCUT2D eigenvalue weighted by atomic mass is 9.94. The lowest BCUT2D eigenvalue weighted by Crippen LogP contribution is -2.69. The Bertz CT molecular complexity index is 1140. The number of nitrogens with one attached hydrogen (secondary N) is 2. The molecule has 2 amide bonds. The number of ether oxygens (including phenoxy) is 7. The van der Waals surface area contributed by atoms with Gasteiger partial charge in [0.1, 0.15) is 97.5 Å². The van der Waals surface area contributed by atoms with Crippen LogP contribution in [0.5, 0.6) is 0 Å². The molecule has 296 valence electrons. The summed E-state index contributed by atoms with van der Waals surface area (Å²) in [6.07, 6.45) is -31.1. The summed E-state index contributed by atoms with van der Waals surface area (Å²) in [4.78, 5) is 23.5. The zero-order valence-corrected chi connectivity index (χ0v) is 27.4. The highest BCUT2D eigenvalue weighted by molar-refractivity contribution is 5.73. The van der Waals surface area contributed by atoms with Crippen LogP contribution in [0, 0.1) is 0 Å². The maximum absolute atomic E-state index is 12.1. The van der Waals surface area contributed by atoms with Gasteiger partial charge in [-0.1, -0.05) is 0 Å². The van der Waals surface area contributed by atoms with Crippen LogP contribution in [0.25, 0.3) is 0 Å². The normalized spacial score (nSPS) is 47.8. The lowest BCUT2D eigenvalue weighted by Gasteiger charge is -2.49. The minimum atomic E-state index is -2.01. The van der Waals surface area contributed by atoms with Crippen LogP contribution in [-0.2, 0) is 42.7 Å². The maximum atomic E-state index is 12.1. The van der Waals surface area contributed by atoms with Crippen LogP contribution in [0.4, 0.5) is 0 Å². The molecule has 0 aliphatic carbocycles. The molecule has 4 fully saturated rings. The quantitative estimate of drug-likeness (QED) is 0.0881. The molecule has 23 nitrogen and oxygen atoms in total. The summed E-state index contributed by atoms with van der Waals surface area (Å²) < 4.78 is 38.8. The number of aliphatic hydroxyl groups excluding tert-OH is 12. The molecule has 0 aromatic carbocycles. The molecular weight excluding hydrogens is 700 g/mol. The van der Waals surface area contributed by atoms with Gasteiger partial charge in [0, 0.05) is 13.8 Å². The summed E-state index contributed by atoms with van der Waals surface area (Å²) in [7, 11) is 0. The first-order valence-electron chi connectivity index (χ1n) is 16.1. The fraction of sp³-hybridized carbons (Fsp3) is 0.929. The van der Waals surface area contributed by atoms with Crippen molar-refractivity contribution in [2.24, 2.45) is 0 Å². The molecule has 0 spiro atoms. The lowest BCUT2D eigenvalue weighted by molar-refractivity contribution is -0.376. The molecule has 0 aromatic heterocycles. The molecule has 0 radical (unpaired) electrons. The molecule has 23 heteroatoms. The van der Waals surface area contributed by atoms with E-state index >= 15 is 0 Å². The standard InChI is InChI=1S/C28H48N2O21/c1-7(34)29-13-18(39)16(37)12(46-25(13)44)6-45-26-14(30-8(2)35)19(40)23(11(5-33)49-26)50-28-22(43)24(17(38)10(4-32)48-28)51-27-21(42)20(41)15(36)9(3-31)47-27/h9-28,31-33,36-44H,3-6H2,1-2H3,(H,29,34)(H,30,35)/t9-,10-,11-,12-,13-,14-,15-,16+,17+,18-,19-,20+,21-,22-,23-,24+,25?,26-,27+,28+/m1/s1. The van der Waals surface area contributed by atoms with Gasteiger partial charge in [0.25, 0.3) is 0 Å². The summed E-state index contributed by atoms with van der Waals surface area (Å²) in [6, 6.07) is -2.88. The molecule has 0 bridgehead atoms. The molecule has 4 rings (SSSR count). The number of amides is 2. The molecule has 0 aromatic rings. The Hall–Kier alpha value is -1.82. The number of aliphatic hydroxyl groups is 12. The van der Waals surface area contributed by atoms with Gasteiger partial charge in [-0.05, 0) is 0 Å². The van der Waals surface area contributed by atoms with Crippen molar-refractivity contribution in [1.82, 2.24) is 10.6 Å². The highest BCUT2D eigenvalue weighted by Crippen LogP contribution is 2.33.